The van der Waals surface area contributed by atoms with Gasteiger partial charge >= 0.3 is 0 Å². The maximum Gasteiger partial charge on any atom is 0.140 e. The first-order chi connectivity index (χ1) is 8.17. The summed E-state index contributed by atoms with van der Waals surface area (Å²) < 4.78 is 3.39. The van der Waals surface area contributed by atoms with Gasteiger partial charge in [0, 0.05) is 0 Å². The zero-order chi connectivity index (χ0) is 12.3. The monoisotopic (exact) mass is 267 g/mol. The molecule has 0 aromatic heterocycles. The lowest BCUT2D eigenvalue weighted by Crippen LogP contribution is -2.49. The molecule has 4 heteroatoms. The Morgan fingerprint density at radius 1 is 1.41 bits per heavy atom. The van der Waals surface area contributed by atoms with Gasteiger partial charge in [0.15, 0.2) is 0 Å². The zero-order valence-corrected chi connectivity index (χ0v) is 12.0. The fourth-order valence-electron chi connectivity index (χ4n) is 1.93. The smallest absolute Gasteiger partial charge is 0.140 e. The Labute approximate surface area is 108 Å². The SMILES string of the molecule is Cc1ccccc1P(C)SNC1(C=O)CCC1. The van der Waals surface area contributed by atoms with Crippen LogP contribution in [0, 0.1) is 6.92 Å². The maximum atomic E-state index is 11.1. The van der Waals surface area contributed by atoms with E-state index in [-0.39, 0.29) is 12.7 Å². The zero-order valence-electron chi connectivity index (χ0n) is 10.3. The van der Waals surface area contributed by atoms with Crippen molar-refractivity contribution in [3.63, 3.8) is 0 Å². The molecule has 17 heavy (non-hydrogen) atoms. The van der Waals surface area contributed by atoms with Crippen LogP contribution in [0.25, 0.3) is 0 Å². The van der Waals surface area contributed by atoms with E-state index in [9.17, 15) is 4.79 Å². The van der Waals surface area contributed by atoms with Crippen LogP contribution in [0.4, 0.5) is 0 Å². The number of aryl methyl sites for hydroxylation is 1. The van der Waals surface area contributed by atoms with Gasteiger partial charge in [-0.3, -0.25) is 0 Å². The lowest BCUT2D eigenvalue weighted by atomic mass is 9.79. The second-order valence-electron chi connectivity index (χ2n) is 4.60. The first-order valence-electron chi connectivity index (χ1n) is 5.87. The quantitative estimate of drug-likeness (QED) is 0.505. The summed E-state index contributed by atoms with van der Waals surface area (Å²) in [6.45, 7) is 4.39. The molecule has 0 aliphatic heterocycles. The van der Waals surface area contributed by atoms with Crippen molar-refractivity contribution in [1.29, 1.82) is 0 Å². The normalized spacial score (nSPS) is 19.4. The molecule has 1 aromatic carbocycles. The molecule has 0 heterocycles. The Hall–Kier alpha value is -0.370. The van der Waals surface area contributed by atoms with Crippen molar-refractivity contribution in [2.45, 2.75) is 31.7 Å². The number of benzene rings is 1. The molecule has 1 unspecified atom stereocenters. The Balaban J connectivity index is 1.95. The number of carbonyl (C=O) groups excluding carboxylic acids is 1. The maximum absolute atomic E-state index is 11.1. The van der Waals surface area contributed by atoms with Crippen molar-refractivity contribution in [3.05, 3.63) is 29.8 Å². The molecule has 0 spiro atoms. The van der Waals surface area contributed by atoms with Crippen LogP contribution in [-0.4, -0.2) is 18.5 Å². The highest BCUT2D eigenvalue weighted by Crippen LogP contribution is 2.46. The van der Waals surface area contributed by atoms with Gasteiger partial charge in [0.1, 0.15) is 6.29 Å². The van der Waals surface area contributed by atoms with Gasteiger partial charge in [-0.1, -0.05) is 24.3 Å². The van der Waals surface area contributed by atoms with Gasteiger partial charge in [-0.2, -0.15) is 0 Å². The molecule has 1 atom stereocenters. The molecule has 1 aliphatic rings. The van der Waals surface area contributed by atoms with E-state index in [1.54, 1.807) is 11.6 Å². The Morgan fingerprint density at radius 2 is 2.12 bits per heavy atom. The van der Waals surface area contributed by atoms with Crippen LogP contribution in [0.3, 0.4) is 0 Å². The average Bonchev–Trinajstić information content (AvgIpc) is 2.28. The molecule has 2 nitrogen and oxygen atoms in total. The summed E-state index contributed by atoms with van der Waals surface area (Å²) in [4.78, 5) is 11.1. The van der Waals surface area contributed by atoms with Crippen molar-refractivity contribution in [3.8, 4) is 0 Å². The molecule has 1 aromatic rings. The summed E-state index contributed by atoms with van der Waals surface area (Å²) in [6, 6.07) is 8.48. The number of hydrogen-bond acceptors (Lipinski definition) is 3. The van der Waals surface area contributed by atoms with Crippen LogP contribution in [0.15, 0.2) is 24.3 Å². The molecule has 0 saturated heterocycles. The molecule has 0 amide bonds. The summed E-state index contributed by atoms with van der Waals surface area (Å²) in [5, 5.41) is 1.40. The van der Waals surface area contributed by atoms with Crippen LogP contribution in [0.2, 0.25) is 0 Å². The number of carbonyl (C=O) groups is 1. The van der Waals surface area contributed by atoms with E-state index in [2.05, 4.69) is 42.6 Å². The van der Waals surface area contributed by atoms with Gasteiger partial charge in [-0.15, -0.1) is 0 Å². The highest BCUT2D eigenvalue weighted by Gasteiger charge is 2.37. The molecule has 92 valence electrons. The van der Waals surface area contributed by atoms with Crippen LogP contribution in [-0.2, 0) is 4.79 Å². The summed E-state index contributed by atoms with van der Waals surface area (Å²) in [5.41, 5.74) is 1.11. The third kappa shape index (κ3) is 2.90. The first kappa shape index (κ1) is 13.1. The number of rotatable bonds is 5. The van der Waals surface area contributed by atoms with E-state index in [1.165, 1.54) is 10.9 Å². The van der Waals surface area contributed by atoms with Crippen molar-refractivity contribution in [2.24, 2.45) is 0 Å². The molecule has 0 bridgehead atoms. The Kier molecular flexibility index (Phi) is 4.24. The van der Waals surface area contributed by atoms with Gasteiger partial charge < -0.3 is 4.79 Å². The van der Waals surface area contributed by atoms with Crippen molar-refractivity contribution in [1.82, 2.24) is 4.72 Å². The van der Waals surface area contributed by atoms with Crippen LogP contribution in [0.5, 0.6) is 0 Å². The van der Waals surface area contributed by atoms with Gasteiger partial charge in [0.2, 0.25) is 0 Å². The molecule has 1 N–H and O–H groups in total. The second kappa shape index (κ2) is 5.51. The highest BCUT2D eigenvalue weighted by atomic mass is 32.7. The van der Waals surface area contributed by atoms with Crippen molar-refractivity contribution < 1.29 is 4.79 Å². The fourth-order valence-corrected chi connectivity index (χ4v) is 5.33. The van der Waals surface area contributed by atoms with Gasteiger partial charge in [0.05, 0.1) is 5.54 Å². The Bertz CT molecular complexity index is 406. The molecule has 0 radical (unpaired) electrons. The predicted molar refractivity (Wildman–Crippen MR) is 77.0 cm³/mol. The lowest BCUT2D eigenvalue weighted by molar-refractivity contribution is -0.115. The van der Waals surface area contributed by atoms with Crippen LogP contribution < -0.4 is 10.0 Å². The molecule has 1 aliphatic carbocycles. The van der Waals surface area contributed by atoms with Crippen molar-refractivity contribution in [2.75, 3.05) is 6.66 Å². The van der Waals surface area contributed by atoms with E-state index < -0.39 is 0 Å². The molecular formula is C13H18NOPS. The standard InChI is InChI=1S/C13H18NOPS/c1-11-6-3-4-7-12(11)16(2)17-14-13(10-15)8-5-9-13/h3-4,6-7,10,14H,5,8-9H2,1-2H3. The van der Waals surface area contributed by atoms with Gasteiger partial charge in [-0.25, -0.2) is 4.72 Å². The fraction of sp³-hybridized carbons (Fsp3) is 0.462. The minimum Gasteiger partial charge on any atom is -0.301 e. The second-order valence-corrected chi connectivity index (χ2v) is 8.66. The summed E-state index contributed by atoms with van der Waals surface area (Å²) in [6.07, 6.45) is 4.23. The number of nitrogens with one attached hydrogen (secondary N) is 1. The van der Waals surface area contributed by atoms with E-state index in [4.69, 9.17) is 0 Å². The van der Waals surface area contributed by atoms with Crippen LogP contribution in [0.1, 0.15) is 24.8 Å². The van der Waals surface area contributed by atoms with Crippen molar-refractivity contribution >= 4 is 30.3 Å². The minimum absolute atomic E-state index is 0.232. The largest absolute Gasteiger partial charge is 0.301 e. The molecule has 1 fully saturated rings. The van der Waals surface area contributed by atoms with Gasteiger partial charge in [-0.05, 0) is 62.4 Å². The average molecular weight is 267 g/mol. The van der Waals surface area contributed by atoms with Crippen LogP contribution >= 0.6 is 18.7 Å². The minimum atomic E-state index is -0.292. The topological polar surface area (TPSA) is 29.1 Å². The molecule has 2 rings (SSSR count). The predicted octanol–water partition coefficient (Wildman–Crippen LogP) is 3.01. The third-order valence-electron chi connectivity index (χ3n) is 3.31. The number of hydrogen-bond donors (Lipinski definition) is 1. The first-order valence-corrected chi connectivity index (χ1v) is 9.08. The lowest BCUT2D eigenvalue weighted by Gasteiger charge is -2.37. The number of aldehydes is 1. The summed E-state index contributed by atoms with van der Waals surface area (Å²) in [5.74, 6) is 0. The van der Waals surface area contributed by atoms with E-state index in [1.807, 2.05) is 0 Å². The van der Waals surface area contributed by atoms with Gasteiger partial charge in [0.25, 0.3) is 0 Å². The van der Waals surface area contributed by atoms with E-state index >= 15 is 0 Å². The summed E-state index contributed by atoms with van der Waals surface area (Å²) >= 11 is 1.73. The third-order valence-corrected chi connectivity index (χ3v) is 6.95. The highest BCUT2D eigenvalue weighted by molar-refractivity contribution is 8.56. The van der Waals surface area contributed by atoms with E-state index in [0.717, 1.165) is 25.5 Å². The van der Waals surface area contributed by atoms with E-state index in [0.29, 0.717) is 0 Å². The Morgan fingerprint density at radius 3 is 2.65 bits per heavy atom. The summed E-state index contributed by atoms with van der Waals surface area (Å²) in [7, 11) is -0.292. The molecule has 1 saturated carbocycles. The molecular weight excluding hydrogens is 249 g/mol.